The molecule has 0 bridgehead atoms. The Morgan fingerprint density at radius 2 is 2.10 bits per heavy atom. The minimum atomic E-state index is -0.327. The number of likely N-dealkylation sites (tertiary alicyclic amines) is 1. The van der Waals surface area contributed by atoms with Gasteiger partial charge in [-0.3, -0.25) is 15.0 Å². The molecule has 2 aliphatic rings. The van der Waals surface area contributed by atoms with Gasteiger partial charge in [0.15, 0.2) is 5.69 Å². The predicted molar refractivity (Wildman–Crippen MR) is 108 cm³/mol. The van der Waals surface area contributed by atoms with Crippen LogP contribution in [0.5, 0.6) is 5.75 Å². The topological polar surface area (TPSA) is 86.9 Å². The van der Waals surface area contributed by atoms with Crippen molar-refractivity contribution in [3.63, 3.8) is 0 Å². The number of amides is 1. The highest BCUT2D eigenvalue weighted by molar-refractivity contribution is 5.94. The van der Waals surface area contributed by atoms with Gasteiger partial charge in [-0.1, -0.05) is 6.07 Å². The largest absolute Gasteiger partial charge is 0.487 e. The van der Waals surface area contributed by atoms with E-state index >= 15 is 0 Å². The molecule has 2 aromatic heterocycles. The van der Waals surface area contributed by atoms with Gasteiger partial charge in [0.05, 0.1) is 11.4 Å². The number of H-pyrrole nitrogens is 2. The number of hydrogen-bond donors (Lipinski definition) is 2. The Morgan fingerprint density at radius 3 is 3.00 bits per heavy atom. The highest BCUT2D eigenvalue weighted by Crippen LogP contribution is 2.29. The molecule has 1 atom stereocenters. The number of fused-ring (bicyclic) bond motifs is 1. The minimum absolute atomic E-state index is 0.0158. The maximum absolute atomic E-state index is 13.3. The standard InChI is InChI=1S/C22H24FN5O2/c23-15-4-3-5-17(10-15)30-13-16-11-20(26-24-16)14-8-9-28(12-14)22(29)21-18-6-1-2-7-19(18)25-27-21/h3-5,10-11,14H,1-2,6-9,12-13H2,(H,24,26)(H,25,27)/t14-/m0/s1. The van der Waals surface area contributed by atoms with E-state index in [1.165, 1.54) is 12.1 Å². The molecule has 0 radical (unpaired) electrons. The Morgan fingerprint density at radius 1 is 1.20 bits per heavy atom. The van der Waals surface area contributed by atoms with E-state index in [1.807, 2.05) is 11.0 Å². The highest BCUT2D eigenvalue weighted by Gasteiger charge is 2.32. The summed E-state index contributed by atoms with van der Waals surface area (Å²) in [7, 11) is 0. The Kier molecular flexibility index (Phi) is 4.98. The van der Waals surface area contributed by atoms with Crippen LogP contribution in [0.3, 0.4) is 0 Å². The minimum Gasteiger partial charge on any atom is -0.487 e. The second-order valence-corrected chi connectivity index (χ2v) is 8.04. The van der Waals surface area contributed by atoms with Crippen LogP contribution >= 0.6 is 0 Å². The summed E-state index contributed by atoms with van der Waals surface area (Å²) in [5.74, 6) is 0.350. The number of carbonyl (C=O) groups excluding carboxylic acids is 1. The van der Waals surface area contributed by atoms with Gasteiger partial charge in [0.1, 0.15) is 18.2 Å². The second-order valence-electron chi connectivity index (χ2n) is 8.04. The lowest BCUT2D eigenvalue weighted by atomic mass is 9.95. The quantitative estimate of drug-likeness (QED) is 0.677. The molecule has 0 spiro atoms. The third-order valence-corrected chi connectivity index (χ3v) is 5.99. The predicted octanol–water partition coefficient (Wildman–Crippen LogP) is 3.36. The molecule has 156 valence electrons. The second kappa shape index (κ2) is 7.93. The zero-order valence-electron chi connectivity index (χ0n) is 16.7. The summed E-state index contributed by atoms with van der Waals surface area (Å²) in [6.45, 7) is 1.62. The number of benzene rings is 1. The van der Waals surface area contributed by atoms with Crippen LogP contribution in [-0.4, -0.2) is 44.3 Å². The molecule has 1 aromatic carbocycles. The summed E-state index contributed by atoms with van der Waals surface area (Å²) in [5, 5.41) is 14.8. The van der Waals surface area contributed by atoms with E-state index in [4.69, 9.17) is 4.74 Å². The van der Waals surface area contributed by atoms with E-state index in [1.54, 1.807) is 12.1 Å². The lowest BCUT2D eigenvalue weighted by Gasteiger charge is -2.17. The molecule has 1 saturated heterocycles. The fourth-order valence-corrected chi connectivity index (χ4v) is 4.37. The first-order valence-corrected chi connectivity index (χ1v) is 10.5. The number of nitrogens with zero attached hydrogens (tertiary/aromatic N) is 3. The Bertz CT molecular complexity index is 1060. The van der Waals surface area contributed by atoms with Gasteiger partial charge >= 0.3 is 0 Å². The van der Waals surface area contributed by atoms with Crippen molar-refractivity contribution in [1.29, 1.82) is 0 Å². The number of aromatic nitrogens is 4. The van der Waals surface area contributed by atoms with Crippen LogP contribution < -0.4 is 4.74 Å². The number of aryl methyl sites for hydroxylation is 1. The van der Waals surface area contributed by atoms with Crippen molar-refractivity contribution in [3.8, 4) is 5.75 Å². The van der Waals surface area contributed by atoms with Gasteiger partial charge in [-0.2, -0.15) is 10.2 Å². The zero-order valence-corrected chi connectivity index (χ0v) is 16.7. The summed E-state index contributed by atoms with van der Waals surface area (Å²) in [4.78, 5) is 14.9. The number of rotatable bonds is 5. The van der Waals surface area contributed by atoms with E-state index in [9.17, 15) is 9.18 Å². The first-order chi connectivity index (χ1) is 14.7. The van der Waals surface area contributed by atoms with E-state index in [0.29, 0.717) is 24.5 Å². The number of aromatic amines is 2. The van der Waals surface area contributed by atoms with Crippen molar-refractivity contribution in [2.45, 2.75) is 44.6 Å². The van der Waals surface area contributed by atoms with E-state index in [-0.39, 0.29) is 24.2 Å². The van der Waals surface area contributed by atoms with Crippen LogP contribution in [-0.2, 0) is 19.4 Å². The van der Waals surface area contributed by atoms with Crippen LogP contribution in [0.1, 0.15) is 58.3 Å². The van der Waals surface area contributed by atoms with E-state index in [2.05, 4.69) is 20.4 Å². The Balaban J connectivity index is 1.21. The number of carbonyl (C=O) groups is 1. The summed E-state index contributed by atoms with van der Waals surface area (Å²) >= 11 is 0. The molecular formula is C22H24FN5O2. The molecule has 5 rings (SSSR count). The zero-order chi connectivity index (χ0) is 20.5. The Hall–Kier alpha value is -3.16. The van der Waals surface area contributed by atoms with Gasteiger partial charge in [0, 0.05) is 36.3 Å². The first-order valence-electron chi connectivity index (χ1n) is 10.5. The molecule has 0 saturated carbocycles. The third-order valence-electron chi connectivity index (χ3n) is 5.99. The third kappa shape index (κ3) is 3.69. The maximum Gasteiger partial charge on any atom is 0.274 e. The van der Waals surface area contributed by atoms with Crippen LogP contribution in [0.25, 0.3) is 0 Å². The average molecular weight is 409 g/mol. The number of ether oxygens (including phenoxy) is 1. The molecule has 2 N–H and O–H groups in total. The fourth-order valence-electron chi connectivity index (χ4n) is 4.37. The lowest BCUT2D eigenvalue weighted by Crippen LogP contribution is -2.29. The molecule has 1 aliphatic carbocycles. The summed E-state index contributed by atoms with van der Waals surface area (Å²) in [6, 6.07) is 8.03. The number of hydrogen-bond acceptors (Lipinski definition) is 4. The summed E-state index contributed by atoms with van der Waals surface area (Å²) in [6.07, 6.45) is 5.04. The molecule has 1 fully saturated rings. The van der Waals surface area contributed by atoms with Crippen LogP contribution in [0.2, 0.25) is 0 Å². The summed E-state index contributed by atoms with van der Waals surface area (Å²) in [5.41, 5.74) is 4.56. The van der Waals surface area contributed by atoms with Gasteiger partial charge in [0.2, 0.25) is 0 Å². The molecule has 3 heterocycles. The van der Waals surface area contributed by atoms with E-state index < -0.39 is 0 Å². The molecule has 8 heteroatoms. The van der Waals surface area contributed by atoms with Crippen molar-refractivity contribution in [3.05, 3.63) is 64.5 Å². The van der Waals surface area contributed by atoms with Crippen molar-refractivity contribution < 1.29 is 13.9 Å². The fraction of sp³-hybridized carbons (Fsp3) is 0.409. The van der Waals surface area contributed by atoms with Gasteiger partial charge in [-0.15, -0.1) is 0 Å². The van der Waals surface area contributed by atoms with Gasteiger partial charge < -0.3 is 9.64 Å². The molecule has 30 heavy (non-hydrogen) atoms. The monoisotopic (exact) mass is 409 g/mol. The number of halogens is 1. The van der Waals surface area contributed by atoms with Crippen molar-refractivity contribution in [2.24, 2.45) is 0 Å². The van der Waals surface area contributed by atoms with Crippen LogP contribution in [0.15, 0.2) is 30.3 Å². The van der Waals surface area contributed by atoms with Crippen molar-refractivity contribution >= 4 is 5.91 Å². The molecule has 0 unspecified atom stereocenters. The van der Waals surface area contributed by atoms with E-state index in [0.717, 1.165) is 54.7 Å². The van der Waals surface area contributed by atoms with Crippen LogP contribution in [0, 0.1) is 5.82 Å². The smallest absolute Gasteiger partial charge is 0.274 e. The normalized spacial score (nSPS) is 18.4. The van der Waals surface area contributed by atoms with Gasteiger partial charge in [0.25, 0.3) is 5.91 Å². The molecule has 7 nitrogen and oxygen atoms in total. The molecule has 1 amide bonds. The maximum atomic E-state index is 13.3. The first kappa shape index (κ1) is 18.8. The Labute approximate surface area is 173 Å². The summed E-state index contributed by atoms with van der Waals surface area (Å²) < 4.78 is 18.9. The molecular weight excluding hydrogens is 385 g/mol. The van der Waals surface area contributed by atoms with Crippen LogP contribution in [0.4, 0.5) is 4.39 Å². The average Bonchev–Trinajstić information content (AvgIpc) is 3.51. The molecule has 1 aliphatic heterocycles. The van der Waals surface area contributed by atoms with Crippen molar-refractivity contribution in [2.75, 3.05) is 13.1 Å². The van der Waals surface area contributed by atoms with Crippen molar-refractivity contribution in [1.82, 2.24) is 25.3 Å². The van der Waals surface area contributed by atoms with Gasteiger partial charge in [-0.05, 0) is 50.3 Å². The number of nitrogens with one attached hydrogen (secondary N) is 2. The highest BCUT2D eigenvalue weighted by atomic mass is 19.1. The lowest BCUT2D eigenvalue weighted by molar-refractivity contribution is 0.0783. The SMILES string of the molecule is O=C(c1n[nH]c2c1CCCC2)N1CC[C@H](c2cc(COc3cccc(F)c3)[nH]n2)C1. The van der Waals surface area contributed by atoms with Gasteiger partial charge in [-0.25, -0.2) is 4.39 Å². The molecule has 3 aromatic rings.